The molecule has 3 heteroatoms. The van der Waals surface area contributed by atoms with E-state index in [4.69, 9.17) is 10.5 Å². The first-order valence-corrected chi connectivity index (χ1v) is 6.12. The van der Waals surface area contributed by atoms with Crippen molar-refractivity contribution in [2.45, 2.75) is 19.9 Å². The van der Waals surface area contributed by atoms with Crippen LogP contribution in [0.25, 0.3) is 0 Å². The fourth-order valence-electron chi connectivity index (χ4n) is 2.10. The number of benzene rings is 1. The average Bonchev–Trinajstić information content (AvgIpc) is 2.30. The van der Waals surface area contributed by atoms with Gasteiger partial charge in [0, 0.05) is 19.1 Å². The number of rotatable bonds is 6. The zero-order chi connectivity index (χ0) is 12.8. The highest BCUT2D eigenvalue weighted by molar-refractivity contribution is 5.29. The van der Waals surface area contributed by atoms with Crippen LogP contribution in [0.4, 0.5) is 0 Å². The van der Waals surface area contributed by atoms with Crippen LogP contribution in [0.15, 0.2) is 24.3 Å². The van der Waals surface area contributed by atoms with Gasteiger partial charge in [-0.1, -0.05) is 26.0 Å². The molecule has 1 atom stereocenters. The SMILES string of the molecule is COc1ccc(C(CN)N(C)CC(C)C)cc1. The molecule has 0 aliphatic carbocycles. The number of hydrogen-bond donors (Lipinski definition) is 1. The first-order valence-electron chi connectivity index (χ1n) is 6.12. The summed E-state index contributed by atoms with van der Waals surface area (Å²) in [6.45, 7) is 6.12. The van der Waals surface area contributed by atoms with Crippen LogP contribution in [0.5, 0.6) is 5.75 Å². The van der Waals surface area contributed by atoms with E-state index < -0.39 is 0 Å². The van der Waals surface area contributed by atoms with Crippen LogP contribution >= 0.6 is 0 Å². The third kappa shape index (κ3) is 4.02. The van der Waals surface area contributed by atoms with Gasteiger partial charge in [-0.05, 0) is 30.7 Å². The van der Waals surface area contributed by atoms with Crippen LogP contribution in [0, 0.1) is 5.92 Å². The Bertz CT molecular complexity index is 321. The van der Waals surface area contributed by atoms with E-state index in [9.17, 15) is 0 Å². The van der Waals surface area contributed by atoms with Crippen LogP contribution in [0.2, 0.25) is 0 Å². The molecule has 0 fully saturated rings. The molecule has 2 N–H and O–H groups in total. The van der Waals surface area contributed by atoms with Gasteiger partial charge in [0.15, 0.2) is 0 Å². The normalized spacial score (nSPS) is 13.1. The second-order valence-electron chi connectivity index (χ2n) is 4.86. The van der Waals surface area contributed by atoms with Gasteiger partial charge in [0.25, 0.3) is 0 Å². The van der Waals surface area contributed by atoms with E-state index in [0.29, 0.717) is 12.5 Å². The summed E-state index contributed by atoms with van der Waals surface area (Å²) in [4.78, 5) is 2.31. The summed E-state index contributed by atoms with van der Waals surface area (Å²) in [5.74, 6) is 1.53. The molecular weight excluding hydrogens is 212 g/mol. The van der Waals surface area contributed by atoms with Crippen molar-refractivity contribution in [1.29, 1.82) is 0 Å². The Morgan fingerprint density at radius 3 is 2.24 bits per heavy atom. The Balaban J connectivity index is 2.77. The third-order valence-electron chi connectivity index (χ3n) is 2.91. The van der Waals surface area contributed by atoms with Gasteiger partial charge in [-0.25, -0.2) is 0 Å². The van der Waals surface area contributed by atoms with Crippen LogP contribution in [0.3, 0.4) is 0 Å². The minimum Gasteiger partial charge on any atom is -0.497 e. The molecule has 1 rings (SSSR count). The molecule has 0 saturated carbocycles. The third-order valence-corrected chi connectivity index (χ3v) is 2.91. The molecule has 0 heterocycles. The number of nitrogens with zero attached hydrogens (tertiary/aromatic N) is 1. The molecule has 0 saturated heterocycles. The molecule has 0 spiro atoms. The van der Waals surface area contributed by atoms with Crippen molar-refractivity contribution in [1.82, 2.24) is 4.90 Å². The number of hydrogen-bond acceptors (Lipinski definition) is 3. The molecule has 0 aromatic heterocycles. The molecule has 0 amide bonds. The summed E-state index contributed by atoms with van der Waals surface area (Å²) >= 11 is 0. The Morgan fingerprint density at radius 2 is 1.82 bits per heavy atom. The summed E-state index contributed by atoms with van der Waals surface area (Å²) < 4.78 is 5.16. The summed E-state index contributed by atoms with van der Waals surface area (Å²) in [6, 6.07) is 8.44. The van der Waals surface area contributed by atoms with Gasteiger partial charge in [-0.3, -0.25) is 4.90 Å². The summed E-state index contributed by atoms with van der Waals surface area (Å²) in [7, 11) is 3.81. The number of ether oxygens (including phenoxy) is 1. The lowest BCUT2D eigenvalue weighted by atomic mass is 10.0. The van der Waals surface area contributed by atoms with E-state index >= 15 is 0 Å². The summed E-state index contributed by atoms with van der Waals surface area (Å²) in [5.41, 5.74) is 7.13. The molecule has 0 aliphatic heterocycles. The quantitative estimate of drug-likeness (QED) is 0.823. The fraction of sp³-hybridized carbons (Fsp3) is 0.571. The summed E-state index contributed by atoms with van der Waals surface area (Å²) in [5, 5.41) is 0. The van der Waals surface area contributed by atoms with Crippen molar-refractivity contribution in [3.05, 3.63) is 29.8 Å². The van der Waals surface area contributed by atoms with E-state index in [-0.39, 0.29) is 6.04 Å². The lowest BCUT2D eigenvalue weighted by molar-refractivity contribution is 0.223. The fourth-order valence-corrected chi connectivity index (χ4v) is 2.10. The molecule has 3 nitrogen and oxygen atoms in total. The molecule has 0 bridgehead atoms. The Labute approximate surface area is 105 Å². The van der Waals surface area contributed by atoms with Gasteiger partial charge in [0.05, 0.1) is 7.11 Å². The van der Waals surface area contributed by atoms with Gasteiger partial charge in [0.2, 0.25) is 0 Å². The first-order chi connectivity index (χ1) is 8.08. The van der Waals surface area contributed by atoms with Gasteiger partial charge >= 0.3 is 0 Å². The van der Waals surface area contributed by atoms with Crippen molar-refractivity contribution >= 4 is 0 Å². The van der Waals surface area contributed by atoms with Crippen LogP contribution < -0.4 is 10.5 Å². The van der Waals surface area contributed by atoms with E-state index in [2.05, 4.69) is 37.9 Å². The van der Waals surface area contributed by atoms with Crippen molar-refractivity contribution in [3.8, 4) is 5.75 Å². The number of methoxy groups -OCH3 is 1. The second kappa shape index (κ2) is 6.62. The highest BCUT2D eigenvalue weighted by Crippen LogP contribution is 2.21. The van der Waals surface area contributed by atoms with Gasteiger partial charge in [0.1, 0.15) is 5.75 Å². The van der Waals surface area contributed by atoms with Crippen molar-refractivity contribution < 1.29 is 4.74 Å². The highest BCUT2D eigenvalue weighted by Gasteiger charge is 2.16. The lowest BCUT2D eigenvalue weighted by Crippen LogP contribution is -2.33. The van der Waals surface area contributed by atoms with Crippen molar-refractivity contribution in [3.63, 3.8) is 0 Å². The minimum atomic E-state index is 0.281. The maximum Gasteiger partial charge on any atom is 0.118 e. The van der Waals surface area contributed by atoms with E-state index in [1.54, 1.807) is 7.11 Å². The summed E-state index contributed by atoms with van der Waals surface area (Å²) in [6.07, 6.45) is 0. The molecule has 1 aromatic carbocycles. The zero-order valence-electron chi connectivity index (χ0n) is 11.3. The topological polar surface area (TPSA) is 38.5 Å². The molecule has 0 aliphatic rings. The van der Waals surface area contributed by atoms with E-state index in [1.165, 1.54) is 5.56 Å². The predicted octanol–water partition coefficient (Wildman–Crippen LogP) is 2.28. The van der Waals surface area contributed by atoms with Crippen molar-refractivity contribution in [2.75, 3.05) is 27.2 Å². The molecule has 1 unspecified atom stereocenters. The van der Waals surface area contributed by atoms with Crippen LogP contribution in [0.1, 0.15) is 25.5 Å². The lowest BCUT2D eigenvalue weighted by Gasteiger charge is -2.28. The van der Waals surface area contributed by atoms with Gasteiger partial charge in [-0.15, -0.1) is 0 Å². The second-order valence-corrected chi connectivity index (χ2v) is 4.86. The van der Waals surface area contributed by atoms with Crippen molar-refractivity contribution in [2.24, 2.45) is 11.7 Å². The number of likely N-dealkylation sites (N-methyl/N-ethyl adjacent to an activating group) is 1. The van der Waals surface area contributed by atoms with Gasteiger partial charge in [-0.2, -0.15) is 0 Å². The Kier molecular flexibility index (Phi) is 5.45. The molecular formula is C14H24N2O. The molecule has 96 valence electrons. The number of nitrogens with two attached hydrogens (primary N) is 1. The predicted molar refractivity (Wildman–Crippen MR) is 72.3 cm³/mol. The smallest absolute Gasteiger partial charge is 0.118 e. The highest BCUT2D eigenvalue weighted by atomic mass is 16.5. The molecule has 0 radical (unpaired) electrons. The average molecular weight is 236 g/mol. The first kappa shape index (κ1) is 14.0. The molecule has 1 aromatic rings. The van der Waals surface area contributed by atoms with Gasteiger partial charge < -0.3 is 10.5 Å². The maximum atomic E-state index is 5.88. The maximum absolute atomic E-state index is 5.88. The minimum absolute atomic E-state index is 0.281. The zero-order valence-corrected chi connectivity index (χ0v) is 11.3. The van der Waals surface area contributed by atoms with Crippen LogP contribution in [-0.4, -0.2) is 32.1 Å². The van der Waals surface area contributed by atoms with E-state index in [1.807, 2.05) is 12.1 Å². The Morgan fingerprint density at radius 1 is 1.24 bits per heavy atom. The largest absolute Gasteiger partial charge is 0.497 e. The monoisotopic (exact) mass is 236 g/mol. The van der Waals surface area contributed by atoms with E-state index in [0.717, 1.165) is 12.3 Å². The standard InChI is InChI=1S/C14H24N2O/c1-11(2)10-16(3)14(9-15)12-5-7-13(17-4)8-6-12/h5-8,11,14H,9-10,15H2,1-4H3. The van der Waals surface area contributed by atoms with Crippen LogP contribution in [-0.2, 0) is 0 Å². The Hall–Kier alpha value is -1.06. The molecule has 17 heavy (non-hydrogen) atoms.